The molecule has 0 radical (unpaired) electrons. The van der Waals surface area contributed by atoms with Crippen LogP contribution in [0.1, 0.15) is 12.0 Å². The van der Waals surface area contributed by atoms with Crippen LogP contribution in [0.3, 0.4) is 0 Å². The van der Waals surface area contributed by atoms with Crippen LogP contribution < -0.4 is 50.5 Å². The summed E-state index contributed by atoms with van der Waals surface area (Å²) in [6.45, 7) is 1.30. The first-order valence-electron chi connectivity index (χ1n) is 12.2. The fraction of sp³-hybridized carbons (Fsp3) is 0.241. The summed E-state index contributed by atoms with van der Waals surface area (Å²) in [5, 5.41) is 4.84. The highest BCUT2D eigenvalue weighted by atomic mass is 79.9. The SMILES string of the molecule is COc1ccc(NC(=O)CCOc2c(OC)ccc3cc4[n+](cc23)CCc2cc3c(cc2-4)OCO3)cc1.[Br-]. The molecule has 3 heterocycles. The minimum Gasteiger partial charge on any atom is -1.00 e. The van der Waals surface area contributed by atoms with Crippen molar-refractivity contribution in [3.05, 3.63) is 66.4 Å². The maximum atomic E-state index is 12.5. The molecule has 0 atom stereocenters. The van der Waals surface area contributed by atoms with E-state index in [4.69, 9.17) is 23.7 Å². The Hall–Kier alpha value is -3.98. The van der Waals surface area contributed by atoms with Gasteiger partial charge in [0.05, 0.1) is 38.2 Å². The van der Waals surface area contributed by atoms with Gasteiger partial charge < -0.3 is 46.0 Å². The fourth-order valence-electron chi connectivity index (χ4n) is 4.85. The number of halogens is 1. The Labute approximate surface area is 230 Å². The first kappa shape index (κ1) is 25.7. The number of rotatable bonds is 7. The molecule has 0 saturated carbocycles. The minimum absolute atomic E-state index is 0. The molecule has 0 unspecified atom stereocenters. The number of pyridine rings is 1. The molecule has 0 aliphatic carbocycles. The maximum Gasteiger partial charge on any atom is 0.231 e. The Kier molecular flexibility index (Phi) is 7.28. The van der Waals surface area contributed by atoms with Gasteiger partial charge in [-0.1, -0.05) is 0 Å². The van der Waals surface area contributed by atoms with E-state index in [9.17, 15) is 4.79 Å². The molecule has 1 amide bonds. The molecule has 0 fully saturated rings. The number of fused-ring (bicyclic) bond motifs is 5. The lowest BCUT2D eigenvalue weighted by Crippen LogP contribution is -3.00. The number of benzene rings is 3. The average molecular weight is 579 g/mol. The van der Waals surface area contributed by atoms with Crippen LogP contribution in [0.25, 0.3) is 22.0 Å². The summed E-state index contributed by atoms with van der Waals surface area (Å²) in [5.74, 6) is 3.45. The molecule has 196 valence electrons. The number of hydrogen-bond acceptors (Lipinski definition) is 6. The standard InChI is InChI=1S/C29H26N2O6.BrH/c1-33-21-6-4-20(5-7-21)30-28(32)10-12-35-29-23-16-31-11-9-19-14-26-27(37-17-36-26)15-22(19)24(31)13-18(23)3-8-25(29)34-2;/h3-8,13-16H,9-12,17H2,1-2H3;1H. The Balaban J connectivity index is 0.00000294. The number of nitrogens with zero attached hydrogens (tertiary/aromatic N) is 1. The summed E-state index contributed by atoms with van der Waals surface area (Å²) in [7, 11) is 3.23. The number of hydrogen-bond donors (Lipinski definition) is 1. The topological polar surface area (TPSA) is 79.1 Å². The highest BCUT2D eigenvalue weighted by Gasteiger charge is 2.28. The highest BCUT2D eigenvalue weighted by molar-refractivity contribution is 5.92. The summed E-state index contributed by atoms with van der Waals surface area (Å²) in [4.78, 5) is 12.5. The van der Waals surface area contributed by atoms with E-state index in [0.29, 0.717) is 17.2 Å². The fourth-order valence-corrected chi connectivity index (χ4v) is 4.85. The van der Waals surface area contributed by atoms with Crippen molar-refractivity contribution in [3.63, 3.8) is 0 Å². The monoisotopic (exact) mass is 578 g/mol. The molecule has 8 nitrogen and oxygen atoms in total. The molecule has 6 rings (SSSR count). The van der Waals surface area contributed by atoms with Gasteiger partial charge in [0.25, 0.3) is 0 Å². The number of amides is 1. The molecule has 0 spiro atoms. The van der Waals surface area contributed by atoms with Crippen molar-refractivity contribution < 1.29 is 50.0 Å². The largest absolute Gasteiger partial charge is 1.00 e. The van der Waals surface area contributed by atoms with E-state index < -0.39 is 0 Å². The number of methoxy groups -OCH3 is 2. The van der Waals surface area contributed by atoms with Gasteiger partial charge in [-0.05, 0) is 59.5 Å². The molecular weight excluding hydrogens is 552 g/mol. The van der Waals surface area contributed by atoms with E-state index >= 15 is 0 Å². The van der Waals surface area contributed by atoms with Crippen LogP contribution in [0, 0.1) is 0 Å². The Morgan fingerprint density at radius 3 is 2.55 bits per heavy atom. The van der Waals surface area contributed by atoms with Crippen molar-refractivity contribution in [3.8, 4) is 40.0 Å². The average Bonchev–Trinajstić information content (AvgIpc) is 3.39. The maximum absolute atomic E-state index is 12.5. The number of anilines is 1. The zero-order chi connectivity index (χ0) is 25.4. The van der Waals surface area contributed by atoms with Crippen LogP contribution in [-0.4, -0.2) is 33.5 Å². The van der Waals surface area contributed by atoms with Gasteiger partial charge in [0.15, 0.2) is 35.7 Å². The second-order valence-corrected chi connectivity index (χ2v) is 8.94. The lowest BCUT2D eigenvalue weighted by molar-refractivity contribution is -0.686. The molecular formula is C29H27BrN2O6. The number of aryl methyl sites for hydroxylation is 2. The van der Waals surface area contributed by atoms with Crippen molar-refractivity contribution in [1.82, 2.24) is 0 Å². The lowest BCUT2D eigenvalue weighted by Gasteiger charge is -2.18. The van der Waals surface area contributed by atoms with Gasteiger partial charge in [-0.25, -0.2) is 0 Å². The van der Waals surface area contributed by atoms with Gasteiger partial charge in [0.2, 0.25) is 18.4 Å². The second-order valence-electron chi connectivity index (χ2n) is 8.94. The molecule has 4 aromatic rings. The molecule has 0 bridgehead atoms. The number of carbonyl (C=O) groups excluding carboxylic acids is 1. The second kappa shape index (κ2) is 10.8. The molecule has 0 saturated heterocycles. The normalized spacial score (nSPS) is 12.7. The lowest BCUT2D eigenvalue weighted by atomic mass is 9.95. The highest BCUT2D eigenvalue weighted by Crippen LogP contribution is 2.41. The third-order valence-corrected chi connectivity index (χ3v) is 6.75. The first-order chi connectivity index (χ1) is 18.1. The van der Waals surface area contributed by atoms with Gasteiger partial charge >= 0.3 is 0 Å². The number of nitrogens with one attached hydrogen (secondary N) is 1. The Morgan fingerprint density at radius 2 is 1.79 bits per heavy atom. The van der Waals surface area contributed by atoms with E-state index in [0.717, 1.165) is 52.2 Å². The van der Waals surface area contributed by atoms with Gasteiger partial charge in [-0.2, -0.15) is 4.57 Å². The smallest absolute Gasteiger partial charge is 0.231 e. The van der Waals surface area contributed by atoms with Crippen LogP contribution in [0.15, 0.2) is 60.8 Å². The predicted octanol–water partition coefficient (Wildman–Crippen LogP) is 1.51. The number of carbonyl (C=O) groups is 1. The van der Waals surface area contributed by atoms with E-state index in [1.165, 1.54) is 5.56 Å². The van der Waals surface area contributed by atoms with Gasteiger partial charge in [-0.3, -0.25) is 4.79 Å². The third-order valence-electron chi connectivity index (χ3n) is 6.75. The van der Waals surface area contributed by atoms with Crippen LogP contribution in [0.5, 0.6) is 28.7 Å². The Morgan fingerprint density at radius 1 is 1.00 bits per heavy atom. The van der Waals surface area contributed by atoms with Gasteiger partial charge in [0.1, 0.15) is 5.75 Å². The molecule has 1 aromatic heterocycles. The van der Waals surface area contributed by atoms with Crippen LogP contribution in [0.4, 0.5) is 5.69 Å². The predicted molar refractivity (Wildman–Crippen MR) is 138 cm³/mol. The van der Waals surface area contributed by atoms with Gasteiger partial charge in [0, 0.05) is 18.2 Å². The van der Waals surface area contributed by atoms with Crippen LogP contribution >= 0.6 is 0 Å². The van der Waals surface area contributed by atoms with Crippen molar-refractivity contribution in [1.29, 1.82) is 0 Å². The molecule has 38 heavy (non-hydrogen) atoms. The number of ether oxygens (including phenoxy) is 5. The minimum atomic E-state index is -0.133. The summed E-state index contributed by atoms with van der Waals surface area (Å²) in [6, 6.07) is 17.5. The zero-order valence-corrected chi connectivity index (χ0v) is 22.7. The van der Waals surface area contributed by atoms with Crippen molar-refractivity contribution >= 4 is 22.4 Å². The summed E-state index contributed by atoms with van der Waals surface area (Å²) in [6.07, 6.45) is 3.19. The summed E-state index contributed by atoms with van der Waals surface area (Å²) < 4.78 is 30.3. The van der Waals surface area contributed by atoms with Crippen molar-refractivity contribution in [2.45, 2.75) is 19.4 Å². The first-order valence-corrected chi connectivity index (χ1v) is 12.2. The van der Waals surface area contributed by atoms with E-state index in [1.54, 1.807) is 38.5 Å². The van der Waals surface area contributed by atoms with Crippen molar-refractivity contribution in [2.24, 2.45) is 0 Å². The Bertz CT molecular complexity index is 1510. The quantitative estimate of drug-likeness (QED) is 0.335. The van der Waals surface area contributed by atoms with E-state index in [2.05, 4.69) is 34.3 Å². The molecule has 3 aromatic carbocycles. The van der Waals surface area contributed by atoms with E-state index in [-0.39, 0.29) is 42.7 Å². The van der Waals surface area contributed by atoms with Crippen molar-refractivity contribution in [2.75, 3.05) is 32.9 Å². The molecule has 9 heteroatoms. The molecule has 2 aliphatic heterocycles. The third kappa shape index (κ3) is 4.81. The van der Waals surface area contributed by atoms with Gasteiger partial charge in [-0.15, -0.1) is 0 Å². The van der Waals surface area contributed by atoms with Crippen LogP contribution in [-0.2, 0) is 17.8 Å². The van der Waals surface area contributed by atoms with E-state index in [1.807, 2.05) is 12.1 Å². The van der Waals surface area contributed by atoms with Crippen LogP contribution in [0.2, 0.25) is 0 Å². The molecule has 2 aliphatic rings. The summed E-state index contributed by atoms with van der Waals surface area (Å²) >= 11 is 0. The molecule has 1 N–H and O–H groups in total. The summed E-state index contributed by atoms with van der Waals surface area (Å²) in [5.41, 5.74) is 4.21. The number of aromatic nitrogens is 1. The zero-order valence-electron chi connectivity index (χ0n) is 21.1.